The highest BCUT2D eigenvalue weighted by Gasteiger charge is 2.37. The van der Waals surface area contributed by atoms with Crippen LogP contribution < -0.4 is 10.2 Å². The number of carbonyl (C=O) groups is 1. The molecule has 2 amide bonds. The van der Waals surface area contributed by atoms with Crippen molar-refractivity contribution in [3.8, 4) is 11.1 Å². The molecule has 1 N–H and O–H groups in total. The van der Waals surface area contributed by atoms with Gasteiger partial charge in [-0.15, -0.1) is 0 Å². The monoisotopic (exact) mass is 509 g/mol. The van der Waals surface area contributed by atoms with Crippen LogP contribution in [0.4, 0.5) is 25.1 Å². The number of hydrogen-bond donors (Lipinski definition) is 1. The number of benzene rings is 1. The Balaban J connectivity index is 1.47. The number of aryl methyl sites for hydroxylation is 2. The first-order chi connectivity index (χ1) is 17.9. The molecule has 0 radical (unpaired) electrons. The van der Waals surface area contributed by atoms with Crippen molar-refractivity contribution < 1.29 is 13.6 Å². The van der Waals surface area contributed by atoms with Gasteiger partial charge in [0.25, 0.3) is 6.43 Å². The molecule has 1 aliphatic carbocycles. The third-order valence-electron chi connectivity index (χ3n) is 8.13. The number of nitrogens with one attached hydrogen (secondary N) is 1. The van der Waals surface area contributed by atoms with E-state index in [0.717, 1.165) is 41.9 Å². The van der Waals surface area contributed by atoms with Crippen molar-refractivity contribution >= 4 is 17.5 Å². The van der Waals surface area contributed by atoms with Crippen molar-refractivity contribution in [3.05, 3.63) is 46.9 Å². The summed E-state index contributed by atoms with van der Waals surface area (Å²) in [4.78, 5) is 16.4. The summed E-state index contributed by atoms with van der Waals surface area (Å²) in [5, 5.41) is 12.1. The summed E-state index contributed by atoms with van der Waals surface area (Å²) in [7, 11) is 3.43. The van der Waals surface area contributed by atoms with Gasteiger partial charge in [0.15, 0.2) is 5.82 Å². The number of nitrogens with zero attached hydrogens (tertiary/aromatic N) is 6. The van der Waals surface area contributed by atoms with E-state index in [-0.39, 0.29) is 17.6 Å². The lowest BCUT2D eigenvalue weighted by Crippen LogP contribution is -2.42. The second kappa shape index (κ2) is 9.15. The molecule has 3 aromatic rings. The third-order valence-corrected chi connectivity index (χ3v) is 8.13. The van der Waals surface area contributed by atoms with E-state index in [0.29, 0.717) is 36.7 Å². The number of hydrogen-bond acceptors (Lipinski definition) is 4. The molecule has 1 atom stereocenters. The Bertz CT molecular complexity index is 1340. The molecule has 2 aromatic heterocycles. The number of fused-ring (bicyclic) bond motifs is 2. The number of halogens is 2. The van der Waals surface area contributed by atoms with Gasteiger partial charge in [0.2, 0.25) is 0 Å². The topological polar surface area (TPSA) is 71.2 Å². The molecule has 8 nitrogen and oxygen atoms in total. The molecule has 3 aliphatic rings. The average Bonchev–Trinajstić information content (AvgIpc) is 3.56. The zero-order valence-corrected chi connectivity index (χ0v) is 21.5. The average molecular weight is 510 g/mol. The maximum Gasteiger partial charge on any atom is 0.317 e. The smallest absolute Gasteiger partial charge is 0.317 e. The van der Waals surface area contributed by atoms with Crippen LogP contribution in [-0.2, 0) is 26.4 Å². The zero-order valence-electron chi connectivity index (χ0n) is 21.5. The number of carbonyl (C=O) groups excluding carboxylic acids is 1. The minimum Gasteiger partial charge on any atom is -0.341 e. The first kappa shape index (κ1) is 23.9. The maximum atomic E-state index is 14.4. The summed E-state index contributed by atoms with van der Waals surface area (Å²) in [5.74, 6) is 1.42. The summed E-state index contributed by atoms with van der Waals surface area (Å²) in [6.07, 6.45) is 5.65. The minimum absolute atomic E-state index is 0.00489. The molecule has 1 aromatic carbocycles. The van der Waals surface area contributed by atoms with Gasteiger partial charge in [-0.2, -0.15) is 10.2 Å². The second-order valence-electron chi connectivity index (χ2n) is 10.5. The number of alkyl halides is 2. The number of anilines is 2. The van der Waals surface area contributed by atoms with Crippen molar-refractivity contribution in [2.24, 2.45) is 13.0 Å². The first-order valence-electron chi connectivity index (χ1n) is 13.1. The van der Waals surface area contributed by atoms with Crippen LogP contribution >= 0.6 is 0 Å². The Morgan fingerprint density at radius 2 is 2.00 bits per heavy atom. The quantitative estimate of drug-likeness (QED) is 0.527. The summed E-state index contributed by atoms with van der Waals surface area (Å²) >= 11 is 0. The van der Waals surface area contributed by atoms with Gasteiger partial charge in [0, 0.05) is 67.9 Å². The van der Waals surface area contributed by atoms with Crippen molar-refractivity contribution in [2.75, 3.05) is 25.0 Å². The van der Waals surface area contributed by atoms with E-state index >= 15 is 0 Å². The van der Waals surface area contributed by atoms with E-state index < -0.39 is 6.43 Å². The first-order valence-corrected chi connectivity index (χ1v) is 13.1. The summed E-state index contributed by atoms with van der Waals surface area (Å²) in [5.41, 5.74) is 5.26. The lowest BCUT2D eigenvalue weighted by Gasteiger charge is -2.33. The van der Waals surface area contributed by atoms with Crippen LogP contribution in [0.5, 0.6) is 0 Å². The normalized spacial score (nSPS) is 18.1. The summed E-state index contributed by atoms with van der Waals surface area (Å²) in [6.45, 7) is 4.01. The van der Waals surface area contributed by atoms with Crippen LogP contribution in [0.3, 0.4) is 0 Å². The largest absolute Gasteiger partial charge is 0.341 e. The fourth-order valence-corrected chi connectivity index (χ4v) is 5.95. The fourth-order valence-electron chi connectivity index (χ4n) is 5.95. The van der Waals surface area contributed by atoms with Crippen LogP contribution in [0.25, 0.3) is 11.1 Å². The third kappa shape index (κ3) is 4.16. The number of urea groups is 1. The highest BCUT2D eigenvalue weighted by Crippen LogP contribution is 2.45. The molecule has 0 unspecified atom stereocenters. The van der Waals surface area contributed by atoms with Gasteiger partial charge in [0.1, 0.15) is 0 Å². The Morgan fingerprint density at radius 1 is 1.19 bits per heavy atom. The predicted octanol–water partition coefficient (Wildman–Crippen LogP) is 4.97. The SMILES string of the molecule is CNC(=O)N1CCc2c(c(N3CCCc4cc(-c5cnn(C)c5)c(C(F)F)cc43)nn2[C@@H](C)C2CC2)C1. The molecule has 1 saturated carbocycles. The molecular formula is C27H33F2N7O. The molecule has 0 bridgehead atoms. The molecule has 0 saturated heterocycles. The number of aromatic nitrogens is 4. The van der Waals surface area contributed by atoms with Crippen LogP contribution in [-0.4, -0.2) is 50.6 Å². The molecule has 0 spiro atoms. The van der Waals surface area contributed by atoms with Crippen LogP contribution in [0.15, 0.2) is 24.5 Å². The van der Waals surface area contributed by atoms with Gasteiger partial charge in [-0.25, -0.2) is 13.6 Å². The predicted molar refractivity (Wildman–Crippen MR) is 137 cm³/mol. The van der Waals surface area contributed by atoms with Gasteiger partial charge in [0.05, 0.1) is 18.8 Å². The molecule has 6 rings (SSSR count). The molecular weight excluding hydrogens is 476 g/mol. The van der Waals surface area contributed by atoms with Crippen molar-refractivity contribution in [2.45, 2.75) is 58.0 Å². The van der Waals surface area contributed by atoms with Gasteiger partial charge in [-0.1, -0.05) is 0 Å². The zero-order chi connectivity index (χ0) is 25.8. The van der Waals surface area contributed by atoms with Crippen molar-refractivity contribution in [1.29, 1.82) is 0 Å². The van der Waals surface area contributed by atoms with E-state index in [2.05, 4.69) is 26.9 Å². The van der Waals surface area contributed by atoms with Gasteiger partial charge < -0.3 is 15.1 Å². The van der Waals surface area contributed by atoms with Crippen molar-refractivity contribution in [3.63, 3.8) is 0 Å². The van der Waals surface area contributed by atoms with Crippen LogP contribution in [0, 0.1) is 5.92 Å². The Hall–Kier alpha value is -3.43. The van der Waals surface area contributed by atoms with Gasteiger partial charge in [-0.3, -0.25) is 9.36 Å². The molecule has 196 valence electrons. The van der Waals surface area contributed by atoms with Crippen LogP contribution in [0.2, 0.25) is 0 Å². The fraction of sp³-hybridized carbons (Fsp3) is 0.519. The molecule has 2 aliphatic heterocycles. The Kier molecular flexibility index (Phi) is 5.92. The van der Waals surface area contributed by atoms with E-state index in [4.69, 9.17) is 5.10 Å². The Morgan fingerprint density at radius 3 is 2.68 bits per heavy atom. The van der Waals surface area contributed by atoms with Crippen LogP contribution in [0.1, 0.15) is 61.0 Å². The highest BCUT2D eigenvalue weighted by molar-refractivity contribution is 5.78. The minimum atomic E-state index is -2.62. The molecule has 10 heteroatoms. The van der Waals surface area contributed by atoms with Gasteiger partial charge >= 0.3 is 6.03 Å². The second-order valence-corrected chi connectivity index (χ2v) is 10.5. The lowest BCUT2D eigenvalue weighted by molar-refractivity contribution is 0.152. The number of amides is 2. The Labute approximate surface area is 215 Å². The molecule has 1 fully saturated rings. The van der Waals surface area contributed by atoms with E-state index in [1.807, 2.05) is 6.07 Å². The van der Waals surface area contributed by atoms with Crippen molar-refractivity contribution in [1.82, 2.24) is 29.8 Å². The maximum absolute atomic E-state index is 14.4. The van der Waals surface area contributed by atoms with E-state index in [1.54, 1.807) is 42.1 Å². The lowest BCUT2D eigenvalue weighted by atomic mass is 9.92. The van der Waals surface area contributed by atoms with Gasteiger partial charge in [-0.05, 0) is 61.8 Å². The van der Waals surface area contributed by atoms with E-state index in [9.17, 15) is 13.6 Å². The van der Waals surface area contributed by atoms with E-state index in [1.165, 1.54) is 18.5 Å². The molecule has 37 heavy (non-hydrogen) atoms. The number of rotatable bonds is 5. The highest BCUT2D eigenvalue weighted by atomic mass is 19.3. The summed E-state index contributed by atoms with van der Waals surface area (Å²) < 4.78 is 32.5. The summed E-state index contributed by atoms with van der Waals surface area (Å²) in [6, 6.07) is 3.73. The molecule has 4 heterocycles. The standard InChI is InChI=1S/C27H33F2N7O/c1-16(17-6-7-17)36-23-8-10-34(27(37)30-2)15-22(23)26(32-36)35-9-4-5-18-11-20(19-13-31-33(3)14-19)21(25(28)29)12-24(18)35/h11-14,16-17,25H,4-10,15H2,1-3H3,(H,30,37)/t16-/m0/s1.